The SMILES string of the molecule is C[C@@H]1CC(=O)[C@H]2C[C@H](S(=O)(=O)c3ccccc3)[C@H]1N2Cc1ccccc1. The van der Waals surface area contributed by atoms with Crippen LogP contribution < -0.4 is 0 Å². The summed E-state index contributed by atoms with van der Waals surface area (Å²) in [6, 6.07) is 18.2. The third kappa shape index (κ3) is 2.89. The van der Waals surface area contributed by atoms with Crippen LogP contribution in [0.25, 0.3) is 0 Å². The highest BCUT2D eigenvalue weighted by molar-refractivity contribution is 7.92. The standard InChI is InChI=1S/C21H23NO3S/c1-15-12-19(23)18-13-20(26(24,25)17-10-6-3-7-11-17)21(15)22(18)14-16-8-4-2-5-9-16/h2-11,15,18,20-21H,12-14H2,1H3/t15-,18-,20+,21+/m1/s1. The smallest absolute Gasteiger partial charge is 0.182 e. The van der Waals surface area contributed by atoms with Gasteiger partial charge in [-0.25, -0.2) is 8.42 Å². The number of nitrogens with zero attached hydrogens (tertiary/aromatic N) is 1. The van der Waals surface area contributed by atoms with Crippen LogP contribution >= 0.6 is 0 Å². The van der Waals surface area contributed by atoms with Crippen molar-refractivity contribution in [2.45, 2.75) is 48.5 Å². The molecule has 0 amide bonds. The lowest BCUT2D eigenvalue weighted by Gasteiger charge is -2.39. The zero-order chi connectivity index (χ0) is 18.3. The number of piperidine rings is 1. The van der Waals surface area contributed by atoms with Gasteiger partial charge in [-0.15, -0.1) is 0 Å². The first kappa shape index (κ1) is 17.4. The average molecular weight is 369 g/mol. The second-order valence-corrected chi connectivity index (χ2v) is 9.61. The minimum atomic E-state index is -3.47. The summed E-state index contributed by atoms with van der Waals surface area (Å²) in [6.45, 7) is 2.63. The number of Topliss-reactive ketones (excluding diaryl/α,β-unsaturated/α-hetero) is 1. The molecule has 26 heavy (non-hydrogen) atoms. The lowest BCUT2D eigenvalue weighted by atomic mass is 9.90. The second kappa shape index (κ2) is 6.63. The van der Waals surface area contributed by atoms with Crippen LogP contribution in [0.3, 0.4) is 0 Å². The summed E-state index contributed by atoms with van der Waals surface area (Å²) in [5, 5.41) is -0.528. The van der Waals surface area contributed by atoms with E-state index in [-0.39, 0.29) is 23.8 Å². The number of carbonyl (C=O) groups is 1. The maximum absolute atomic E-state index is 13.3. The summed E-state index contributed by atoms with van der Waals surface area (Å²) < 4.78 is 26.6. The van der Waals surface area contributed by atoms with E-state index >= 15 is 0 Å². The lowest BCUT2D eigenvalue weighted by Crippen LogP contribution is -2.51. The summed E-state index contributed by atoms with van der Waals surface area (Å²) in [6.07, 6.45) is 0.874. The van der Waals surface area contributed by atoms with E-state index in [1.165, 1.54) is 0 Å². The van der Waals surface area contributed by atoms with Crippen molar-refractivity contribution in [2.75, 3.05) is 0 Å². The monoisotopic (exact) mass is 369 g/mol. The fraction of sp³-hybridized carbons (Fsp3) is 0.381. The maximum atomic E-state index is 13.3. The molecule has 136 valence electrons. The summed E-state index contributed by atoms with van der Waals surface area (Å²) in [4.78, 5) is 15.1. The highest BCUT2D eigenvalue weighted by atomic mass is 32.2. The van der Waals surface area contributed by atoms with E-state index in [9.17, 15) is 13.2 Å². The molecular formula is C21H23NO3S. The molecule has 0 spiro atoms. The fourth-order valence-corrected chi connectivity index (χ4v) is 6.72. The number of sulfone groups is 1. The van der Waals surface area contributed by atoms with Gasteiger partial charge < -0.3 is 0 Å². The van der Waals surface area contributed by atoms with Gasteiger partial charge in [0.2, 0.25) is 0 Å². The van der Waals surface area contributed by atoms with Gasteiger partial charge in [0, 0.05) is 19.0 Å². The van der Waals surface area contributed by atoms with Crippen LogP contribution in [0, 0.1) is 5.92 Å². The van der Waals surface area contributed by atoms with Crippen LogP contribution in [-0.2, 0) is 21.2 Å². The molecule has 0 aromatic heterocycles. The molecule has 2 aliphatic heterocycles. The minimum absolute atomic E-state index is 0.0356. The largest absolute Gasteiger partial charge is 0.298 e. The molecule has 2 saturated heterocycles. The van der Waals surface area contributed by atoms with E-state index in [0.29, 0.717) is 24.3 Å². The molecule has 2 bridgehead atoms. The summed E-state index contributed by atoms with van der Waals surface area (Å²) >= 11 is 0. The average Bonchev–Trinajstić information content (AvgIpc) is 2.96. The van der Waals surface area contributed by atoms with Gasteiger partial charge in [-0.05, 0) is 30.0 Å². The predicted octanol–water partition coefficient (Wildman–Crippen LogP) is 3.08. The zero-order valence-corrected chi connectivity index (χ0v) is 15.6. The molecule has 0 N–H and O–H groups in total. The Hall–Kier alpha value is -1.98. The number of ketones is 1. The van der Waals surface area contributed by atoms with Crippen molar-refractivity contribution >= 4 is 15.6 Å². The lowest BCUT2D eigenvalue weighted by molar-refractivity contribution is -0.128. The molecule has 4 nitrogen and oxygen atoms in total. The molecule has 2 heterocycles. The van der Waals surface area contributed by atoms with Gasteiger partial charge in [0.1, 0.15) is 5.78 Å². The molecule has 4 atom stereocenters. The Bertz CT molecular complexity index is 895. The van der Waals surface area contributed by atoms with Gasteiger partial charge in [0.15, 0.2) is 9.84 Å². The van der Waals surface area contributed by atoms with E-state index in [4.69, 9.17) is 0 Å². The Morgan fingerprint density at radius 3 is 2.27 bits per heavy atom. The molecule has 0 radical (unpaired) electrons. The molecule has 0 saturated carbocycles. The Morgan fingerprint density at radius 2 is 1.62 bits per heavy atom. The van der Waals surface area contributed by atoms with Gasteiger partial charge in [0.05, 0.1) is 16.2 Å². The van der Waals surface area contributed by atoms with Crippen LogP contribution in [-0.4, -0.2) is 36.4 Å². The Labute approximate surface area is 154 Å². The molecule has 0 unspecified atom stereocenters. The van der Waals surface area contributed by atoms with Crippen LogP contribution in [0.1, 0.15) is 25.3 Å². The summed E-state index contributed by atoms with van der Waals surface area (Å²) in [7, 11) is -3.47. The number of benzene rings is 2. The third-order valence-corrected chi connectivity index (χ3v) is 7.97. The van der Waals surface area contributed by atoms with Gasteiger partial charge in [-0.3, -0.25) is 9.69 Å². The van der Waals surface area contributed by atoms with Crippen molar-refractivity contribution in [2.24, 2.45) is 5.92 Å². The van der Waals surface area contributed by atoms with E-state index in [1.807, 2.05) is 43.3 Å². The van der Waals surface area contributed by atoms with Gasteiger partial charge in [-0.2, -0.15) is 0 Å². The summed E-state index contributed by atoms with van der Waals surface area (Å²) in [5.41, 5.74) is 1.11. The Morgan fingerprint density at radius 1 is 1.00 bits per heavy atom. The summed E-state index contributed by atoms with van der Waals surface area (Å²) in [5.74, 6) is 0.212. The van der Waals surface area contributed by atoms with Crippen molar-refractivity contribution < 1.29 is 13.2 Å². The van der Waals surface area contributed by atoms with Crippen molar-refractivity contribution in [3.63, 3.8) is 0 Å². The predicted molar refractivity (Wildman–Crippen MR) is 100 cm³/mol. The molecule has 2 aliphatic rings. The van der Waals surface area contributed by atoms with E-state index in [1.54, 1.807) is 24.3 Å². The number of fused-ring (bicyclic) bond motifs is 2. The quantitative estimate of drug-likeness (QED) is 0.831. The molecule has 2 aromatic rings. The number of hydrogen-bond donors (Lipinski definition) is 0. The van der Waals surface area contributed by atoms with Crippen LogP contribution in [0.15, 0.2) is 65.6 Å². The first-order valence-corrected chi connectivity index (χ1v) is 10.6. The van der Waals surface area contributed by atoms with Crippen molar-refractivity contribution in [3.8, 4) is 0 Å². The van der Waals surface area contributed by atoms with E-state index in [0.717, 1.165) is 5.56 Å². The first-order chi connectivity index (χ1) is 12.5. The molecular weight excluding hydrogens is 346 g/mol. The zero-order valence-electron chi connectivity index (χ0n) is 14.8. The highest BCUT2D eigenvalue weighted by Gasteiger charge is 2.55. The Balaban J connectivity index is 1.71. The first-order valence-electron chi connectivity index (χ1n) is 9.10. The molecule has 4 rings (SSSR count). The molecule has 2 aromatic carbocycles. The number of rotatable bonds is 4. The van der Waals surface area contributed by atoms with Crippen molar-refractivity contribution in [3.05, 3.63) is 66.2 Å². The molecule has 5 heteroatoms. The topological polar surface area (TPSA) is 54.5 Å². The van der Waals surface area contributed by atoms with Gasteiger partial charge in [0.25, 0.3) is 0 Å². The van der Waals surface area contributed by atoms with Crippen molar-refractivity contribution in [1.82, 2.24) is 4.90 Å². The minimum Gasteiger partial charge on any atom is -0.298 e. The van der Waals surface area contributed by atoms with Gasteiger partial charge >= 0.3 is 0 Å². The number of hydrogen-bond acceptors (Lipinski definition) is 4. The van der Waals surface area contributed by atoms with E-state index in [2.05, 4.69) is 4.90 Å². The Kier molecular flexibility index (Phi) is 4.45. The highest BCUT2D eigenvalue weighted by Crippen LogP contribution is 2.43. The normalized spacial score (nSPS) is 29.0. The van der Waals surface area contributed by atoms with Crippen LogP contribution in [0.5, 0.6) is 0 Å². The van der Waals surface area contributed by atoms with E-state index < -0.39 is 15.1 Å². The van der Waals surface area contributed by atoms with Crippen molar-refractivity contribution in [1.29, 1.82) is 0 Å². The molecule has 0 aliphatic carbocycles. The van der Waals surface area contributed by atoms with Crippen LogP contribution in [0.4, 0.5) is 0 Å². The number of carbonyl (C=O) groups excluding carboxylic acids is 1. The van der Waals surface area contributed by atoms with Gasteiger partial charge in [-0.1, -0.05) is 55.5 Å². The molecule has 2 fully saturated rings. The van der Waals surface area contributed by atoms with Crippen LogP contribution in [0.2, 0.25) is 0 Å². The maximum Gasteiger partial charge on any atom is 0.182 e. The second-order valence-electron chi connectivity index (χ2n) is 7.44. The third-order valence-electron chi connectivity index (χ3n) is 5.78. The fourth-order valence-electron chi connectivity index (χ4n) is 4.61.